The molecule has 0 saturated carbocycles. The van der Waals surface area contributed by atoms with E-state index in [1.54, 1.807) is 58.2 Å². The second-order valence-electron chi connectivity index (χ2n) is 12.2. The third kappa shape index (κ3) is 6.23. The van der Waals surface area contributed by atoms with Crippen LogP contribution in [0.15, 0.2) is 64.3 Å². The number of aromatic nitrogens is 1. The van der Waals surface area contributed by atoms with Crippen molar-refractivity contribution < 1.29 is 32.5 Å². The normalized spacial score (nSPS) is 14.1. The van der Waals surface area contributed by atoms with Gasteiger partial charge < -0.3 is 23.9 Å². The molecule has 0 aliphatic carbocycles. The number of carboxylic acids is 1. The summed E-state index contributed by atoms with van der Waals surface area (Å²) < 4.78 is 42.9. The highest BCUT2D eigenvalue weighted by Crippen LogP contribution is 2.42. The minimum Gasteiger partial charge on any atom is -0.493 e. The average molecular weight is 620 g/mol. The van der Waals surface area contributed by atoms with E-state index in [0.717, 1.165) is 47.1 Å². The highest BCUT2D eigenvalue weighted by molar-refractivity contribution is 7.90. The van der Waals surface area contributed by atoms with Gasteiger partial charge in [-0.25, -0.2) is 13.2 Å². The summed E-state index contributed by atoms with van der Waals surface area (Å²) in [5.41, 5.74) is 3.25. The van der Waals surface area contributed by atoms with Crippen molar-refractivity contribution in [3.63, 3.8) is 0 Å². The predicted molar refractivity (Wildman–Crippen MR) is 168 cm³/mol. The van der Waals surface area contributed by atoms with Crippen LogP contribution in [0.4, 0.5) is 0 Å². The Morgan fingerprint density at radius 1 is 1.07 bits per heavy atom. The molecule has 1 aromatic heterocycles. The molecule has 0 spiro atoms. The molecule has 0 fully saturated rings. The molecule has 1 N–H and O–H groups in total. The predicted octanol–water partition coefficient (Wildman–Crippen LogP) is 5.76. The molecule has 1 unspecified atom stereocenters. The van der Waals surface area contributed by atoms with E-state index in [0.29, 0.717) is 28.7 Å². The number of aliphatic carboxylic acids is 1. The van der Waals surface area contributed by atoms with Gasteiger partial charge in [0.1, 0.15) is 18.1 Å². The summed E-state index contributed by atoms with van der Waals surface area (Å²) >= 11 is 0. The molecular formula is C34H37NO8S. The van der Waals surface area contributed by atoms with Gasteiger partial charge in [0, 0.05) is 18.9 Å². The van der Waals surface area contributed by atoms with Crippen LogP contribution in [-0.4, -0.2) is 42.5 Å². The molecule has 10 heteroatoms. The maximum atomic E-state index is 13.9. The van der Waals surface area contributed by atoms with Gasteiger partial charge in [-0.3, -0.25) is 4.79 Å². The maximum Gasteiger partial charge on any atom is 0.339 e. The van der Waals surface area contributed by atoms with Crippen LogP contribution < -0.4 is 15.0 Å². The van der Waals surface area contributed by atoms with Crippen LogP contribution in [0.25, 0.3) is 21.9 Å². The summed E-state index contributed by atoms with van der Waals surface area (Å²) in [6.45, 7) is 8.14. The Balaban J connectivity index is 1.67. The number of rotatable bonds is 8. The summed E-state index contributed by atoms with van der Waals surface area (Å²) in [5.74, 6) is 0.0576. The Kier molecular flexibility index (Phi) is 8.35. The van der Waals surface area contributed by atoms with Crippen molar-refractivity contribution in [2.24, 2.45) is 7.05 Å². The summed E-state index contributed by atoms with van der Waals surface area (Å²) in [6, 6.07) is 15.4. The SMILES string of the molecule is Cc1c(-c2c(C(OC(C)(C)C)C(=O)O)n(C)c(=O)c3cc(OCc4ccc(S(C)(=O)=O)cc4)ccc23)ccc2c1CCCO2. The molecule has 0 radical (unpaired) electrons. The van der Waals surface area contributed by atoms with Crippen LogP contribution in [0.1, 0.15) is 55.7 Å². The molecule has 0 saturated heterocycles. The fourth-order valence-corrected chi connectivity index (χ4v) is 6.28. The highest BCUT2D eigenvalue weighted by Gasteiger charge is 2.34. The van der Waals surface area contributed by atoms with E-state index in [2.05, 4.69) is 0 Å². The number of carboxylic acid groups (broad SMARTS) is 1. The van der Waals surface area contributed by atoms with Gasteiger partial charge in [0.15, 0.2) is 15.9 Å². The topological polar surface area (TPSA) is 121 Å². The molecular weight excluding hydrogens is 582 g/mol. The molecule has 44 heavy (non-hydrogen) atoms. The van der Waals surface area contributed by atoms with Crippen LogP contribution in [0, 0.1) is 6.92 Å². The van der Waals surface area contributed by atoms with Crippen LogP contribution in [0.5, 0.6) is 11.5 Å². The van der Waals surface area contributed by atoms with Crippen LogP contribution in [0.3, 0.4) is 0 Å². The first kappa shape index (κ1) is 31.3. The van der Waals surface area contributed by atoms with Crippen molar-refractivity contribution in [1.82, 2.24) is 4.57 Å². The van der Waals surface area contributed by atoms with E-state index < -0.39 is 27.5 Å². The monoisotopic (exact) mass is 619 g/mol. The van der Waals surface area contributed by atoms with Crippen LogP contribution in [0.2, 0.25) is 0 Å². The van der Waals surface area contributed by atoms with Crippen molar-refractivity contribution >= 4 is 26.6 Å². The zero-order chi connectivity index (χ0) is 32.0. The first-order chi connectivity index (χ1) is 20.7. The average Bonchev–Trinajstić information content (AvgIpc) is 2.96. The van der Waals surface area contributed by atoms with Crippen LogP contribution in [-0.2, 0) is 39.4 Å². The quantitative estimate of drug-likeness (QED) is 0.264. The molecule has 232 valence electrons. The minimum atomic E-state index is -3.31. The zero-order valence-electron chi connectivity index (χ0n) is 25.8. The molecule has 4 aromatic rings. The molecule has 0 amide bonds. The molecule has 0 bridgehead atoms. The number of hydrogen-bond acceptors (Lipinski definition) is 7. The summed E-state index contributed by atoms with van der Waals surface area (Å²) in [4.78, 5) is 26.8. The Morgan fingerprint density at radius 2 is 1.77 bits per heavy atom. The minimum absolute atomic E-state index is 0.158. The van der Waals surface area contributed by atoms with Crippen molar-refractivity contribution in [1.29, 1.82) is 0 Å². The van der Waals surface area contributed by atoms with Gasteiger partial charge in [0.25, 0.3) is 5.56 Å². The van der Waals surface area contributed by atoms with Crippen molar-refractivity contribution in [3.05, 3.63) is 87.3 Å². The summed E-state index contributed by atoms with van der Waals surface area (Å²) in [5, 5.41) is 11.3. The van der Waals surface area contributed by atoms with Crippen molar-refractivity contribution in [2.75, 3.05) is 12.9 Å². The second-order valence-corrected chi connectivity index (χ2v) is 14.2. The number of ether oxygens (including phenoxy) is 3. The highest BCUT2D eigenvalue weighted by atomic mass is 32.2. The van der Waals surface area contributed by atoms with Gasteiger partial charge in [0.05, 0.1) is 28.2 Å². The molecule has 1 aliphatic heterocycles. The lowest BCUT2D eigenvalue weighted by Crippen LogP contribution is -2.33. The van der Waals surface area contributed by atoms with Gasteiger partial charge in [-0.05, 0) is 105 Å². The molecule has 9 nitrogen and oxygen atoms in total. The van der Waals surface area contributed by atoms with Gasteiger partial charge in [-0.1, -0.05) is 18.2 Å². The number of pyridine rings is 1. The standard InChI is InChI=1S/C34H37NO8S/c1-20-24-8-7-17-41-28(24)16-15-25(20)29-26-14-11-22(42-19-21-9-12-23(13-10-21)44(6,39)40)18-27(26)32(36)35(5)30(29)31(33(37)38)43-34(2,3)4/h9-16,18,31H,7-8,17,19H2,1-6H3,(H,37,38). The van der Waals surface area contributed by atoms with E-state index in [-0.39, 0.29) is 22.8 Å². The lowest BCUT2D eigenvalue weighted by molar-refractivity contribution is -0.161. The number of carbonyl (C=O) groups is 1. The van der Waals surface area contributed by atoms with E-state index in [1.807, 2.05) is 19.1 Å². The van der Waals surface area contributed by atoms with Gasteiger partial charge in [-0.15, -0.1) is 0 Å². The fraction of sp³-hybridized carbons (Fsp3) is 0.353. The summed E-state index contributed by atoms with van der Waals surface area (Å²) in [6.07, 6.45) is 1.45. The van der Waals surface area contributed by atoms with Gasteiger partial charge in [0.2, 0.25) is 0 Å². The molecule has 1 aliphatic rings. The maximum absolute atomic E-state index is 13.9. The van der Waals surface area contributed by atoms with Gasteiger partial charge >= 0.3 is 5.97 Å². The van der Waals surface area contributed by atoms with Crippen molar-refractivity contribution in [2.45, 2.75) is 63.7 Å². The van der Waals surface area contributed by atoms with E-state index in [9.17, 15) is 23.1 Å². The number of benzene rings is 3. The fourth-order valence-electron chi connectivity index (χ4n) is 5.65. The van der Waals surface area contributed by atoms with Crippen molar-refractivity contribution in [3.8, 4) is 22.6 Å². The Labute approximate surface area is 256 Å². The Morgan fingerprint density at radius 3 is 2.41 bits per heavy atom. The zero-order valence-corrected chi connectivity index (χ0v) is 26.6. The first-order valence-electron chi connectivity index (χ1n) is 14.4. The Hall–Kier alpha value is -4.15. The van der Waals surface area contributed by atoms with E-state index in [1.165, 1.54) is 16.7 Å². The van der Waals surface area contributed by atoms with Gasteiger partial charge in [-0.2, -0.15) is 0 Å². The lowest BCUT2D eigenvalue weighted by Gasteiger charge is -2.29. The smallest absolute Gasteiger partial charge is 0.339 e. The number of sulfone groups is 1. The van der Waals surface area contributed by atoms with E-state index >= 15 is 0 Å². The van der Waals surface area contributed by atoms with Crippen LogP contribution >= 0.6 is 0 Å². The number of nitrogens with zero attached hydrogens (tertiary/aromatic N) is 1. The number of fused-ring (bicyclic) bond motifs is 2. The largest absolute Gasteiger partial charge is 0.493 e. The molecule has 3 aromatic carbocycles. The third-order valence-electron chi connectivity index (χ3n) is 7.77. The number of hydrogen-bond donors (Lipinski definition) is 1. The summed E-state index contributed by atoms with van der Waals surface area (Å²) in [7, 11) is -1.75. The lowest BCUT2D eigenvalue weighted by atomic mass is 9.88. The third-order valence-corrected chi connectivity index (χ3v) is 8.90. The molecule has 1 atom stereocenters. The Bertz CT molecular complexity index is 1920. The molecule has 5 rings (SSSR count). The first-order valence-corrected chi connectivity index (χ1v) is 16.3. The second kappa shape index (κ2) is 11.7. The van der Waals surface area contributed by atoms with E-state index in [4.69, 9.17) is 14.2 Å². The molecule has 2 heterocycles.